The van der Waals surface area contributed by atoms with E-state index in [9.17, 15) is 5.11 Å². The average Bonchev–Trinajstić information content (AvgIpc) is 2.88. The molecule has 1 aromatic heterocycles. The summed E-state index contributed by atoms with van der Waals surface area (Å²) >= 11 is 6.02. The molecule has 0 aliphatic carbocycles. The van der Waals surface area contributed by atoms with Gasteiger partial charge in [0.2, 0.25) is 0 Å². The van der Waals surface area contributed by atoms with Gasteiger partial charge in [-0.25, -0.2) is 0 Å². The molecule has 4 heteroatoms. The second-order valence-corrected chi connectivity index (χ2v) is 5.82. The third kappa shape index (κ3) is 4.32. The second-order valence-electron chi connectivity index (χ2n) is 5.38. The van der Waals surface area contributed by atoms with E-state index in [1.54, 1.807) is 0 Å². The van der Waals surface area contributed by atoms with E-state index in [0.29, 0.717) is 0 Å². The van der Waals surface area contributed by atoms with Crippen LogP contribution in [0.1, 0.15) is 30.8 Å². The Bertz CT molecular complexity index is 580. The first kappa shape index (κ1) is 16.1. The van der Waals surface area contributed by atoms with Gasteiger partial charge in [0.05, 0.1) is 5.69 Å². The number of aromatic nitrogens is 2. The first-order chi connectivity index (χ1) is 10.2. The predicted octanol–water partition coefficient (Wildman–Crippen LogP) is 3.51. The molecule has 0 radical (unpaired) electrons. The summed E-state index contributed by atoms with van der Waals surface area (Å²) in [6, 6.07) is 10.0. The predicted molar refractivity (Wildman–Crippen MR) is 86.7 cm³/mol. The summed E-state index contributed by atoms with van der Waals surface area (Å²) in [5.74, 6) is 0.190. The van der Waals surface area contributed by atoms with Crippen molar-refractivity contribution < 1.29 is 5.11 Å². The number of nitrogens with zero attached hydrogens (tertiary/aromatic N) is 2. The fraction of sp³-hybridized carbons (Fsp3) is 0.471. The van der Waals surface area contributed by atoms with Crippen molar-refractivity contribution in [2.45, 2.75) is 39.7 Å². The number of halogens is 1. The van der Waals surface area contributed by atoms with Gasteiger partial charge in [0.25, 0.3) is 0 Å². The van der Waals surface area contributed by atoms with Crippen LogP contribution in [0.3, 0.4) is 0 Å². The van der Waals surface area contributed by atoms with Crippen molar-refractivity contribution in [3.8, 4) is 0 Å². The molecule has 0 bridgehead atoms. The van der Waals surface area contributed by atoms with Gasteiger partial charge in [0, 0.05) is 23.9 Å². The fourth-order valence-electron chi connectivity index (χ4n) is 2.62. The Labute approximate surface area is 131 Å². The minimum absolute atomic E-state index is 0.170. The third-order valence-electron chi connectivity index (χ3n) is 3.75. The van der Waals surface area contributed by atoms with Crippen molar-refractivity contribution >= 4 is 11.6 Å². The molecule has 0 fully saturated rings. The fourth-order valence-corrected chi connectivity index (χ4v) is 2.83. The van der Waals surface area contributed by atoms with Gasteiger partial charge in [-0.3, -0.25) is 4.68 Å². The zero-order valence-electron chi connectivity index (χ0n) is 12.7. The summed E-state index contributed by atoms with van der Waals surface area (Å²) in [6.07, 6.45) is 2.61. The molecule has 0 amide bonds. The lowest BCUT2D eigenvalue weighted by molar-refractivity contribution is 0.223. The van der Waals surface area contributed by atoms with Crippen molar-refractivity contribution in [3.05, 3.63) is 52.3 Å². The molecule has 0 saturated heterocycles. The maximum absolute atomic E-state index is 9.68. The van der Waals surface area contributed by atoms with E-state index in [2.05, 4.69) is 31.1 Å². The third-order valence-corrected chi connectivity index (χ3v) is 3.98. The maximum Gasteiger partial charge on any atom is 0.0624 e. The van der Waals surface area contributed by atoms with Gasteiger partial charge in [0.15, 0.2) is 0 Å². The van der Waals surface area contributed by atoms with Gasteiger partial charge in [-0.1, -0.05) is 30.7 Å². The summed E-state index contributed by atoms with van der Waals surface area (Å²) in [5, 5.41) is 15.0. The zero-order chi connectivity index (χ0) is 15.2. The molecule has 1 atom stereocenters. The topological polar surface area (TPSA) is 38.0 Å². The van der Waals surface area contributed by atoms with Crippen molar-refractivity contribution in [2.24, 2.45) is 5.92 Å². The lowest BCUT2D eigenvalue weighted by Crippen LogP contribution is -2.15. The van der Waals surface area contributed by atoms with Gasteiger partial charge < -0.3 is 5.11 Å². The zero-order valence-corrected chi connectivity index (χ0v) is 13.5. The quantitative estimate of drug-likeness (QED) is 0.850. The summed E-state index contributed by atoms with van der Waals surface area (Å²) in [5.41, 5.74) is 3.49. The summed E-state index contributed by atoms with van der Waals surface area (Å²) in [6.45, 7) is 5.25. The van der Waals surface area contributed by atoms with Crippen LogP contribution in [0.2, 0.25) is 5.02 Å². The molecule has 1 heterocycles. The number of hydrogen-bond donors (Lipinski definition) is 1. The second kappa shape index (κ2) is 7.62. The Kier molecular flexibility index (Phi) is 5.83. The molecule has 1 unspecified atom stereocenters. The molecular weight excluding hydrogens is 284 g/mol. The molecule has 2 aromatic rings. The molecule has 21 heavy (non-hydrogen) atoms. The highest BCUT2D eigenvalue weighted by atomic mass is 35.5. The van der Waals surface area contributed by atoms with Crippen LogP contribution >= 0.6 is 11.6 Å². The molecule has 0 aliphatic heterocycles. The van der Waals surface area contributed by atoms with Crippen molar-refractivity contribution in [1.82, 2.24) is 9.78 Å². The van der Waals surface area contributed by atoms with E-state index in [4.69, 9.17) is 11.6 Å². The largest absolute Gasteiger partial charge is 0.396 e. The maximum atomic E-state index is 9.68. The standard InChI is InChI=1S/C17H23ClN2O/c1-3-16-11-17(20(4-2)19-16)10-14(12-21)8-13-6-5-7-15(18)9-13/h5-7,9,11,14,21H,3-4,8,10,12H2,1-2H3. The van der Waals surface area contributed by atoms with Crippen LogP contribution in [0, 0.1) is 5.92 Å². The number of aliphatic hydroxyl groups is 1. The van der Waals surface area contributed by atoms with Crippen LogP contribution in [0.15, 0.2) is 30.3 Å². The molecule has 1 aromatic carbocycles. The van der Waals surface area contributed by atoms with Crippen molar-refractivity contribution in [3.63, 3.8) is 0 Å². The van der Waals surface area contributed by atoms with Crippen LogP contribution < -0.4 is 0 Å². The highest BCUT2D eigenvalue weighted by Gasteiger charge is 2.14. The number of aryl methyl sites for hydroxylation is 2. The van der Waals surface area contributed by atoms with Gasteiger partial charge in [-0.2, -0.15) is 5.10 Å². The molecule has 1 N–H and O–H groups in total. The molecular formula is C17H23ClN2O. The van der Waals surface area contributed by atoms with Crippen LogP contribution in [-0.4, -0.2) is 21.5 Å². The van der Waals surface area contributed by atoms with Crippen molar-refractivity contribution in [2.75, 3.05) is 6.61 Å². The monoisotopic (exact) mass is 306 g/mol. The van der Waals surface area contributed by atoms with Gasteiger partial charge in [0.1, 0.15) is 0 Å². The van der Waals surface area contributed by atoms with Gasteiger partial charge >= 0.3 is 0 Å². The Morgan fingerprint density at radius 1 is 1.24 bits per heavy atom. The molecule has 3 nitrogen and oxygen atoms in total. The van der Waals surface area contributed by atoms with E-state index < -0.39 is 0 Å². The highest BCUT2D eigenvalue weighted by Crippen LogP contribution is 2.18. The van der Waals surface area contributed by atoms with Crippen molar-refractivity contribution in [1.29, 1.82) is 0 Å². The number of rotatable bonds is 7. The molecule has 2 rings (SSSR count). The Morgan fingerprint density at radius 2 is 2.05 bits per heavy atom. The van der Waals surface area contributed by atoms with Crippen LogP contribution in [0.4, 0.5) is 0 Å². The van der Waals surface area contributed by atoms with E-state index in [-0.39, 0.29) is 12.5 Å². The van der Waals surface area contributed by atoms with Crippen LogP contribution in [0.25, 0.3) is 0 Å². The van der Waals surface area contributed by atoms with E-state index in [0.717, 1.165) is 36.5 Å². The Balaban J connectivity index is 2.10. The molecule has 0 spiro atoms. The lowest BCUT2D eigenvalue weighted by atomic mass is 9.95. The SMILES string of the molecule is CCc1cc(CC(CO)Cc2cccc(Cl)c2)n(CC)n1. The van der Waals surface area contributed by atoms with E-state index in [1.807, 2.05) is 22.9 Å². The van der Waals surface area contributed by atoms with E-state index >= 15 is 0 Å². The first-order valence-corrected chi connectivity index (χ1v) is 7.94. The minimum Gasteiger partial charge on any atom is -0.396 e. The Hall–Kier alpha value is -1.32. The van der Waals surface area contributed by atoms with Crippen LogP contribution in [-0.2, 0) is 25.8 Å². The van der Waals surface area contributed by atoms with Gasteiger partial charge in [-0.05, 0) is 55.9 Å². The number of aliphatic hydroxyl groups excluding tert-OH is 1. The minimum atomic E-state index is 0.170. The molecule has 114 valence electrons. The summed E-state index contributed by atoms with van der Waals surface area (Å²) in [4.78, 5) is 0. The lowest BCUT2D eigenvalue weighted by Gasteiger charge is -2.15. The molecule has 0 aliphatic rings. The average molecular weight is 307 g/mol. The Morgan fingerprint density at radius 3 is 2.67 bits per heavy atom. The smallest absolute Gasteiger partial charge is 0.0624 e. The number of benzene rings is 1. The normalized spacial score (nSPS) is 12.6. The van der Waals surface area contributed by atoms with E-state index in [1.165, 1.54) is 11.3 Å². The van der Waals surface area contributed by atoms with Crippen LogP contribution in [0.5, 0.6) is 0 Å². The highest BCUT2D eigenvalue weighted by molar-refractivity contribution is 6.30. The summed E-state index contributed by atoms with van der Waals surface area (Å²) in [7, 11) is 0. The number of hydrogen-bond acceptors (Lipinski definition) is 2. The van der Waals surface area contributed by atoms with Gasteiger partial charge in [-0.15, -0.1) is 0 Å². The first-order valence-electron chi connectivity index (χ1n) is 7.57. The summed E-state index contributed by atoms with van der Waals surface area (Å²) < 4.78 is 2.04. The molecule has 0 saturated carbocycles.